The molecule has 7 nitrogen and oxygen atoms in total. The SMILES string of the molecule is COC(C)=NC1C(=O)N2C(c3nc4c(ccc5cc6c(cc54)OCc4cc(Cl)ccc4-6)[nH]3)CC3CCC(CC1C)C32. The molecule has 3 aliphatic heterocycles. The van der Waals surface area contributed by atoms with Crippen LogP contribution < -0.4 is 4.74 Å². The van der Waals surface area contributed by atoms with Crippen LogP contribution in [0.5, 0.6) is 5.75 Å². The number of nitrogens with zero attached hydrogens (tertiary/aromatic N) is 3. The van der Waals surface area contributed by atoms with Crippen molar-refractivity contribution in [3.8, 4) is 16.9 Å². The zero-order chi connectivity index (χ0) is 28.0. The van der Waals surface area contributed by atoms with Crippen LogP contribution in [-0.4, -0.2) is 45.9 Å². The van der Waals surface area contributed by atoms with E-state index in [-0.39, 0.29) is 23.9 Å². The average molecular weight is 569 g/mol. The number of halogens is 1. The second-order valence-electron chi connectivity index (χ2n) is 12.3. The number of imidazole rings is 1. The Morgan fingerprint density at radius 3 is 2.78 bits per heavy atom. The Morgan fingerprint density at radius 1 is 1.12 bits per heavy atom. The molecule has 1 aliphatic carbocycles. The summed E-state index contributed by atoms with van der Waals surface area (Å²) in [4.78, 5) is 29.9. The highest BCUT2D eigenvalue weighted by molar-refractivity contribution is 6.30. The monoisotopic (exact) mass is 568 g/mol. The van der Waals surface area contributed by atoms with Crippen LogP contribution in [0.25, 0.3) is 32.9 Å². The van der Waals surface area contributed by atoms with Gasteiger partial charge in [0, 0.05) is 28.9 Å². The number of rotatable bonds is 2. The number of H-pyrrole nitrogens is 1. The van der Waals surface area contributed by atoms with Gasteiger partial charge in [-0.2, -0.15) is 0 Å². The van der Waals surface area contributed by atoms with Gasteiger partial charge in [-0.25, -0.2) is 9.98 Å². The normalized spacial score (nSPS) is 28.8. The Labute approximate surface area is 243 Å². The van der Waals surface area contributed by atoms with Crippen molar-refractivity contribution < 1.29 is 14.3 Å². The molecule has 8 heteroatoms. The number of carbonyl (C=O) groups excluding carboxylic acids is 1. The van der Waals surface area contributed by atoms with Gasteiger partial charge in [-0.15, -0.1) is 0 Å². The van der Waals surface area contributed by atoms with Gasteiger partial charge in [-0.1, -0.05) is 30.7 Å². The van der Waals surface area contributed by atoms with Gasteiger partial charge in [0.25, 0.3) is 0 Å². The summed E-state index contributed by atoms with van der Waals surface area (Å²) in [7, 11) is 1.61. The van der Waals surface area contributed by atoms with Gasteiger partial charge in [0.15, 0.2) is 5.90 Å². The van der Waals surface area contributed by atoms with Crippen LogP contribution in [0.2, 0.25) is 5.02 Å². The van der Waals surface area contributed by atoms with Gasteiger partial charge in [0.1, 0.15) is 24.2 Å². The summed E-state index contributed by atoms with van der Waals surface area (Å²) < 4.78 is 11.6. The fourth-order valence-corrected chi connectivity index (χ4v) is 8.34. The van der Waals surface area contributed by atoms with Gasteiger partial charge in [-0.3, -0.25) is 4.79 Å². The topological polar surface area (TPSA) is 79.8 Å². The largest absolute Gasteiger partial charge is 0.488 e. The van der Waals surface area contributed by atoms with Crippen LogP contribution in [-0.2, 0) is 16.1 Å². The zero-order valence-electron chi connectivity index (χ0n) is 23.5. The molecule has 6 atom stereocenters. The van der Waals surface area contributed by atoms with Gasteiger partial charge < -0.3 is 19.4 Å². The van der Waals surface area contributed by atoms with E-state index < -0.39 is 6.04 Å². The number of nitrogens with one attached hydrogen (secondary N) is 1. The van der Waals surface area contributed by atoms with Crippen molar-refractivity contribution in [1.82, 2.24) is 14.9 Å². The van der Waals surface area contributed by atoms with Crippen LogP contribution in [0.1, 0.15) is 57.0 Å². The molecule has 3 fully saturated rings. The van der Waals surface area contributed by atoms with Crippen LogP contribution >= 0.6 is 11.6 Å². The molecular weight excluding hydrogens is 536 g/mol. The molecule has 0 bridgehead atoms. The maximum absolute atomic E-state index is 14.2. The number of amides is 1. The van der Waals surface area contributed by atoms with Crippen LogP contribution in [0.15, 0.2) is 47.5 Å². The molecule has 1 amide bonds. The number of carbonyl (C=O) groups is 1. The van der Waals surface area contributed by atoms with E-state index in [4.69, 9.17) is 31.1 Å². The average Bonchev–Trinajstić information content (AvgIpc) is 3.66. The minimum absolute atomic E-state index is 0.0842. The van der Waals surface area contributed by atoms with Crippen LogP contribution in [0.3, 0.4) is 0 Å². The molecule has 1 aromatic heterocycles. The van der Waals surface area contributed by atoms with E-state index >= 15 is 0 Å². The maximum Gasteiger partial charge on any atom is 0.248 e. The van der Waals surface area contributed by atoms with E-state index in [0.29, 0.717) is 29.4 Å². The maximum atomic E-state index is 14.2. The highest BCUT2D eigenvalue weighted by Gasteiger charge is 2.55. The van der Waals surface area contributed by atoms with Crippen LogP contribution in [0, 0.1) is 17.8 Å². The molecule has 1 N–H and O–H groups in total. The number of aromatic amines is 1. The number of ether oxygens (including phenoxy) is 2. The van der Waals surface area contributed by atoms with E-state index in [9.17, 15) is 4.79 Å². The summed E-state index contributed by atoms with van der Waals surface area (Å²) >= 11 is 6.24. The van der Waals surface area contributed by atoms with Crippen molar-refractivity contribution in [3.63, 3.8) is 0 Å². The van der Waals surface area contributed by atoms with Crippen molar-refractivity contribution in [2.24, 2.45) is 22.7 Å². The predicted octanol–water partition coefficient (Wildman–Crippen LogP) is 7.07. The van der Waals surface area contributed by atoms with E-state index in [1.807, 2.05) is 19.1 Å². The Kier molecular flexibility index (Phi) is 5.65. The highest BCUT2D eigenvalue weighted by Crippen LogP contribution is 2.53. The van der Waals surface area contributed by atoms with Crippen molar-refractivity contribution in [2.75, 3.05) is 7.11 Å². The number of aliphatic imine (C=N–C) groups is 1. The fraction of sp³-hybridized carbons (Fsp3) is 0.424. The first-order chi connectivity index (χ1) is 19.9. The Balaban J connectivity index is 1.22. The Morgan fingerprint density at radius 2 is 1.95 bits per heavy atom. The Bertz CT molecular complexity index is 1760. The zero-order valence-corrected chi connectivity index (χ0v) is 24.2. The smallest absolute Gasteiger partial charge is 0.248 e. The molecule has 210 valence electrons. The third kappa shape index (κ3) is 3.81. The molecule has 2 saturated heterocycles. The molecule has 0 spiro atoms. The summed E-state index contributed by atoms with van der Waals surface area (Å²) in [5.41, 5.74) is 5.21. The number of hydrogen-bond acceptors (Lipinski definition) is 5. The van der Waals surface area contributed by atoms with Crippen molar-refractivity contribution >= 4 is 45.2 Å². The molecular formula is C33H33ClN4O3. The number of fused-ring (bicyclic) bond motifs is 6. The number of benzene rings is 3. The highest BCUT2D eigenvalue weighted by atomic mass is 35.5. The molecule has 4 aliphatic rings. The first kappa shape index (κ1) is 25.2. The first-order valence-electron chi connectivity index (χ1n) is 14.7. The lowest BCUT2D eigenvalue weighted by Gasteiger charge is -2.31. The van der Waals surface area contributed by atoms with Gasteiger partial charge in [0.05, 0.1) is 24.2 Å². The quantitative estimate of drug-likeness (QED) is 0.207. The minimum Gasteiger partial charge on any atom is -0.488 e. The summed E-state index contributed by atoms with van der Waals surface area (Å²) in [6, 6.07) is 14.3. The lowest BCUT2D eigenvalue weighted by atomic mass is 9.89. The number of methoxy groups -OCH3 is 1. The summed E-state index contributed by atoms with van der Waals surface area (Å²) in [5, 5.41) is 2.87. The molecule has 8 rings (SSSR count). The number of hydrogen-bond donors (Lipinski definition) is 1. The lowest BCUT2D eigenvalue weighted by molar-refractivity contribution is -0.136. The third-order valence-electron chi connectivity index (χ3n) is 10.0. The summed E-state index contributed by atoms with van der Waals surface area (Å²) in [5.74, 6) is 3.59. The lowest BCUT2D eigenvalue weighted by Crippen LogP contribution is -2.44. The van der Waals surface area contributed by atoms with Crippen molar-refractivity contribution in [2.45, 2.75) is 64.3 Å². The third-order valence-corrected chi connectivity index (χ3v) is 10.3. The molecule has 6 unspecified atom stereocenters. The summed E-state index contributed by atoms with van der Waals surface area (Å²) in [6.45, 7) is 4.49. The standard InChI is InChI=1S/C33H33ClN4O3/c1-16-10-19-4-5-20-13-27(38(31(19)20)33(39)29(16)35-17(2)40-3)32-36-26-9-6-18-12-25-23-8-7-22(34)11-21(23)15-41-28(25)14-24(18)30(26)37-32/h6-9,11-12,14,16,19-20,27,29,31H,4-5,10,13,15H2,1-3H3,(H,36,37). The van der Waals surface area contributed by atoms with E-state index in [1.54, 1.807) is 7.11 Å². The fourth-order valence-electron chi connectivity index (χ4n) is 8.14. The number of aromatic nitrogens is 2. The summed E-state index contributed by atoms with van der Waals surface area (Å²) in [6.07, 6.45) is 4.32. The van der Waals surface area contributed by atoms with Crippen molar-refractivity contribution in [1.29, 1.82) is 0 Å². The molecule has 4 aromatic rings. The van der Waals surface area contributed by atoms with Crippen molar-refractivity contribution in [3.05, 3.63) is 58.9 Å². The van der Waals surface area contributed by atoms with Gasteiger partial charge in [0.2, 0.25) is 5.91 Å². The van der Waals surface area contributed by atoms with Gasteiger partial charge in [-0.05, 0) is 90.3 Å². The van der Waals surface area contributed by atoms with Crippen LogP contribution in [0.4, 0.5) is 0 Å². The Hall–Kier alpha value is -3.58. The van der Waals surface area contributed by atoms with E-state index in [1.165, 1.54) is 12.8 Å². The second-order valence-corrected chi connectivity index (χ2v) is 12.8. The minimum atomic E-state index is -0.423. The molecule has 0 radical (unpaired) electrons. The molecule has 1 saturated carbocycles. The molecule has 41 heavy (non-hydrogen) atoms. The molecule has 3 aromatic carbocycles. The predicted molar refractivity (Wildman–Crippen MR) is 160 cm³/mol. The second kappa shape index (κ2) is 9.21. The van der Waals surface area contributed by atoms with E-state index in [2.05, 4.69) is 47.1 Å². The van der Waals surface area contributed by atoms with E-state index in [0.717, 1.165) is 62.9 Å². The molecule has 4 heterocycles. The van der Waals surface area contributed by atoms with Gasteiger partial charge >= 0.3 is 0 Å². The first-order valence-corrected chi connectivity index (χ1v) is 15.1.